The Morgan fingerprint density at radius 1 is 1.21 bits per heavy atom. The van der Waals surface area contributed by atoms with Gasteiger partial charge in [0.15, 0.2) is 17.4 Å². The Balaban J connectivity index is 1.74. The lowest BCUT2D eigenvalue weighted by Gasteiger charge is -2.14. The number of ether oxygens (including phenoxy) is 2. The number of fused-ring (bicyclic) bond motifs is 1. The second-order valence-electron chi connectivity index (χ2n) is 6.17. The van der Waals surface area contributed by atoms with Crippen LogP contribution >= 0.6 is 0 Å². The number of hydrogen-bond acceptors (Lipinski definition) is 7. The van der Waals surface area contributed by atoms with Crippen LogP contribution in [-0.2, 0) is 4.74 Å². The summed E-state index contributed by atoms with van der Waals surface area (Å²) in [5.74, 6) is -1.70. The zero-order chi connectivity index (χ0) is 19.7. The van der Waals surface area contributed by atoms with E-state index in [4.69, 9.17) is 9.47 Å². The highest BCUT2D eigenvalue weighted by atomic mass is 19.2. The van der Waals surface area contributed by atoms with Crippen LogP contribution in [0.4, 0.5) is 26.0 Å². The number of benzene rings is 2. The van der Waals surface area contributed by atoms with E-state index in [1.54, 1.807) is 0 Å². The molecule has 2 heterocycles. The molecule has 1 N–H and O–H groups in total. The summed E-state index contributed by atoms with van der Waals surface area (Å²) in [7, 11) is 0. The first kappa shape index (κ1) is 18.0. The van der Waals surface area contributed by atoms with E-state index in [2.05, 4.69) is 15.3 Å². The lowest BCUT2D eigenvalue weighted by atomic mass is 10.2. The van der Waals surface area contributed by atoms with Crippen molar-refractivity contribution < 1.29 is 23.2 Å². The average molecular weight is 388 g/mol. The van der Waals surface area contributed by atoms with Gasteiger partial charge in [0.25, 0.3) is 0 Å². The Kier molecular flexibility index (Phi) is 4.70. The normalized spacial score (nSPS) is 16.3. The van der Waals surface area contributed by atoms with Crippen LogP contribution in [0, 0.1) is 21.7 Å². The zero-order valence-electron chi connectivity index (χ0n) is 14.4. The van der Waals surface area contributed by atoms with Gasteiger partial charge in [-0.3, -0.25) is 10.1 Å². The zero-order valence-corrected chi connectivity index (χ0v) is 14.4. The van der Waals surface area contributed by atoms with E-state index in [0.29, 0.717) is 30.5 Å². The summed E-state index contributed by atoms with van der Waals surface area (Å²) >= 11 is 0. The van der Waals surface area contributed by atoms with Crippen LogP contribution in [-0.4, -0.2) is 34.2 Å². The minimum atomic E-state index is -1.02. The average Bonchev–Trinajstić information content (AvgIpc) is 3.17. The molecule has 0 saturated carbocycles. The van der Waals surface area contributed by atoms with Crippen LogP contribution in [0.1, 0.15) is 6.42 Å². The molecule has 0 spiro atoms. The first-order valence-electron chi connectivity index (χ1n) is 8.41. The minimum Gasteiger partial charge on any atom is -0.481 e. The molecule has 1 aliphatic rings. The predicted octanol–water partition coefficient (Wildman–Crippen LogP) is 3.73. The molecule has 144 valence electrons. The van der Waals surface area contributed by atoms with Crippen molar-refractivity contribution in [2.45, 2.75) is 12.5 Å². The maximum absolute atomic E-state index is 13.4. The number of nitro groups is 1. The van der Waals surface area contributed by atoms with Gasteiger partial charge in [-0.2, -0.15) is 0 Å². The van der Waals surface area contributed by atoms with Gasteiger partial charge in [-0.25, -0.2) is 18.7 Å². The first-order chi connectivity index (χ1) is 13.5. The summed E-state index contributed by atoms with van der Waals surface area (Å²) in [5, 5.41) is 14.7. The lowest BCUT2D eigenvalue weighted by Crippen LogP contribution is -2.16. The highest BCUT2D eigenvalue weighted by Gasteiger charge is 2.24. The van der Waals surface area contributed by atoms with Gasteiger partial charge in [-0.1, -0.05) is 0 Å². The summed E-state index contributed by atoms with van der Waals surface area (Å²) < 4.78 is 37.5. The Morgan fingerprint density at radius 3 is 2.79 bits per heavy atom. The third-order valence-electron chi connectivity index (χ3n) is 4.28. The van der Waals surface area contributed by atoms with E-state index in [-0.39, 0.29) is 29.0 Å². The molecule has 1 fully saturated rings. The Labute approximate surface area is 157 Å². The molecular formula is C18H14F2N4O4. The minimum absolute atomic E-state index is 0.0884. The van der Waals surface area contributed by atoms with Gasteiger partial charge in [0.1, 0.15) is 18.2 Å². The smallest absolute Gasteiger partial charge is 0.311 e. The van der Waals surface area contributed by atoms with Crippen molar-refractivity contribution in [1.29, 1.82) is 0 Å². The quantitative estimate of drug-likeness (QED) is 0.525. The highest BCUT2D eigenvalue weighted by Crippen LogP contribution is 2.35. The number of nitrogens with zero attached hydrogens (tertiary/aromatic N) is 3. The summed E-state index contributed by atoms with van der Waals surface area (Å²) in [6, 6.07) is 6.03. The number of aromatic nitrogens is 2. The van der Waals surface area contributed by atoms with Gasteiger partial charge in [-0.05, 0) is 12.1 Å². The number of anilines is 2. The fourth-order valence-electron chi connectivity index (χ4n) is 2.91. The molecule has 1 saturated heterocycles. The van der Waals surface area contributed by atoms with Crippen molar-refractivity contribution >= 4 is 28.1 Å². The van der Waals surface area contributed by atoms with Crippen molar-refractivity contribution in [2.24, 2.45) is 0 Å². The predicted molar refractivity (Wildman–Crippen MR) is 95.7 cm³/mol. The summed E-state index contributed by atoms with van der Waals surface area (Å²) in [5.41, 5.74) is 0.395. The van der Waals surface area contributed by atoms with Gasteiger partial charge in [0, 0.05) is 30.3 Å². The van der Waals surface area contributed by atoms with E-state index in [9.17, 15) is 18.9 Å². The van der Waals surface area contributed by atoms with Crippen molar-refractivity contribution in [2.75, 3.05) is 18.5 Å². The molecule has 4 rings (SSSR count). The van der Waals surface area contributed by atoms with Crippen LogP contribution in [0.5, 0.6) is 5.75 Å². The number of nitro benzene ring substituents is 1. The molecule has 10 heteroatoms. The van der Waals surface area contributed by atoms with E-state index < -0.39 is 16.6 Å². The molecule has 0 radical (unpaired) electrons. The van der Waals surface area contributed by atoms with E-state index in [0.717, 1.165) is 12.1 Å². The molecule has 28 heavy (non-hydrogen) atoms. The number of rotatable bonds is 5. The monoisotopic (exact) mass is 388 g/mol. The molecule has 2 aromatic carbocycles. The third-order valence-corrected chi connectivity index (χ3v) is 4.28. The van der Waals surface area contributed by atoms with Crippen LogP contribution in [0.25, 0.3) is 10.9 Å². The van der Waals surface area contributed by atoms with Crippen molar-refractivity contribution in [3.8, 4) is 5.75 Å². The fraction of sp³-hybridized carbons (Fsp3) is 0.222. The van der Waals surface area contributed by atoms with Crippen molar-refractivity contribution in [3.63, 3.8) is 0 Å². The van der Waals surface area contributed by atoms with E-state index in [1.807, 2.05) is 0 Å². The maximum Gasteiger partial charge on any atom is 0.311 e. The molecule has 1 atom stereocenters. The van der Waals surface area contributed by atoms with Gasteiger partial charge < -0.3 is 14.8 Å². The third kappa shape index (κ3) is 3.54. The number of hydrogen-bond donors (Lipinski definition) is 1. The van der Waals surface area contributed by atoms with Crippen molar-refractivity contribution in [1.82, 2.24) is 9.97 Å². The lowest BCUT2D eigenvalue weighted by molar-refractivity contribution is -0.385. The molecule has 1 aliphatic heterocycles. The number of halogens is 2. The highest BCUT2D eigenvalue weighted by molar-refractivity contribution is 5.93. The SMILES string of the molecule is O=[N+]([O-])c1cc2c(Nc3ccc(F)c(F)c3)ncnc2cc1O[C@H]1CCOC1. The molecule has 3 aromatic rings. The number of nitrogens with one attached hydrogen (secondary N) is 1. The molecule has 0 unspecified atom stereocenters. The van der Waals surface area contributed by atoms with Crippen LogP contribution in [0.3, 0.4) is 0 Å². The summed E-state index contributed by atoms with van der Waals surface area (Å²) in [6.07, 6.45) is 1.64. The molecule has 8 nitrogen and oxygen atoms in total. The maximum atomic E-state index is 13.4. The van der Waals surface area contributed by atoms with Crippen LogP contribution in [0.15, 0.2) is 36.7 Å². The Hall–Kier alpha value is -3.40. The Morgan fingerprint density at radius 2 is 2.07 bits per heavy atom. The van der Waals surface area contributed by atoms with Gasteiger partial charge in [0.2, 0.25) is 0 Å². The Bertz CT molecular complexity index is 1060. The standard InChI is InChI=1S/C18H14F2N4O4/c19-13-2-1-10(5-14(13)20)23-18-12-6-16(24(25)26)17(7-15(12)21-9-22-18)28-11-3-4-27-8-11/h1-2,5-7,9,11H,3-4,8H2,(H,21,22,23)/t11-/m0/s1. The van der Waals surface area contributed by atoms with Gasteiger partial charge >= 0.3 is 5.69 Å². The summed E-state index contributed by atoms with van der Waals surface area (Å²) in [4.78, 5) is 19.2. The summed E-state index contributed by atoms with van der Waals surface area (Å²) in [6.45, 7) is 0.901. The van der Waals surface area contributed by atoms with Crippen molar-refractivity contribution in [3.05, 3.63) is 58.4 Å². The molecular weight excluding hydrogens is 374 g/mol. The molecule has 0 bridgehead atoms. The fourth-order valence-corrected chi connectivity index (χ4v) is 2.91. The topological polar surface area (TPSA) is 99.4 Å². The van der Waals surface area contributed by atoms with Gasteiger partial charge in [0.05, 0.1) is 29.0 Å². The largest absolute Gasteiger partial charge is 0.481 e. The van der Waals surface area contributed by atoms with Gasteiger partial charge in [-0.15, -0.1) is 0 Å². The van der Waals surface area contributed by atoms with Crippen LogP contribution in [0.2, 0.25) is 0 Å². The molecule has 0 amide bonds. The first-order valence-corrected chi connectivity index (χ1v) is 8.41. The second kappa shape index (κ2) is 7.31. The molecule has 0 aliphatic carbocycles. The second-order valence-corrected chi connectivity index (χ2v) is 6.17. The van der Waals surface area contributed by atoms with E-state index in [1.165, 1.54) is 24.5 Å². The van der Waals surface area contributed by atoms with E-state index >= 15 is 0 Å². The van der Waals surface area contributed by atoms with Crippen LogP contribution < -0.4 is 10.1 Å². The molecule has 1 aromatic heterocycles.